The Morgan fingerprint density at radius 1 is 0.897 bits per heavy atom. The van der Waals surface area contributed by atoms with Gasteiger partial charge >= 0.3 is 5.97 Å². The minimum absolute atomic E-state index is 0.0177. The molecular formula is C41H76N2O15. The molecular weight excluding hydrogens is 760 g/mol. The lowest BCUT2D eigenvalue weighted by molar-refractivity contribution is -0.317. The monoisotopic (exact) mass is 837 g/mol. The molecule has 0 radical (unpaired) electrons. The molecule has 6 N–H and O–H groups in total. The van der Waals surface area contributed by atoms with Crippen molar-refractivity contribution in [3.8, 4) is 0 Å². The zero-order valence-corrected chi connectivity index (χ0v) is 37.1. The largest absolute Gasteiger partial charge is 0.459 e. The van der Waals surface area contributed by atoms with Crippen molar-refractivity contribution in [2.45, 2.75) is 179 Å². The third-order valence-electron chi connectivity index (χ3n) is 12.6. The van der Waals surface area contributed by atoms with Crippen LogP contribution in [0.15, 0.2) is 5.16 Å². The van der Waals surface area contributed by atoms with Crippen molar-refractivity contribution in [3.05, 3.63) is 0 Å². The first-order valence-corrected chi connectivity index (χ1v) is 20.9. The van der Waals surface area contributed by atoms with E-state index in [1.54, 1.807) is 48.5 Å². The number of aliphatic hydroxyl groups is 6. The summed E-state index contributed by atoms with van der Waals surface area (Å²) < 4.78 is 42.9. The van der Waals surface area contributed by atoms with Gasteiger partial charge in [-0.05, 0) is 74.9 Å². The topological polar surface area (TPSA) is 228 Å². The average molecular weight is 837 g/mol. The summed E-state index contributed by atoms with van der Waals surface area (Å²) in [5.41, 5.74) is -4.50. The maximum atomic E-state index is 14.3. The predicted molar refractivity (Wildman–Crippen MR) is 213 cm³/mol. The molecule has 3 rings (SSSR count). The van der Waals surface area contributed by atoms with Crippen molar-refractivity contribution < 1.29 is 73.4 Å². The Kier molecular flexibility index (Phi) is 18.8. The minimum Gasteiger partial charge on any atom is -0.459 e. The number of methoxy groups -OCH3 is 1. The average Bonchev–Trinajstić information content (AvgIpc) is 3.15. The third-order valence-corrected chi connectivity index (χ3v) is 12.6. The highest BCUT2D eigenvalue weighted by molar-refractivity contribution is 5.88. The molecule has 3 fully saturated rings. The summed E-state index contributed by atoms with van der Waals surface area (Å²) in [7, 11) is 5.20. The van der Waals surface area contributed by atoms with Crippen molar-refractivity contribution in [1.29, 1.82) is 0 Å². The smallest absolute Gasteiger partial charge is 0.311 e. The lowest BCUT2D eigenvalue weighted by Gasteiger charge is -2.49. The fraction of sp³-hybridized carbons (Fsp3) is 0.951. The first-order chi connectivity index (χ1) is 27.0. The van der Waals surface area contributed by atoms with Gasteiger partial charge in [-0.25, -0.2) is 0 Å². The highest BCUT2D eigenvalue weighted by atomic mass is 16.7. The number of aliphatic hydroxyl groups excluding tert-OH is 4. The van der Waals surface area contributed by atoms with Gasteiger partial charge in [-0.1, -0.05) is 32.9 Å². The second-order valence-corrected chi connectivity index (χ2v) is 17.8. The molecule has 0 bridgehead atoms. The van der Waals surface area contributed by atoms with E-state index in [1.807, 2.05) is 32.8 Å². The van der Waals surface area contributed by atoms with E-state index in [9.17, 15) is 30.3 Å². The number of carbonyl (C=O) groups is 1. The number of nitrogens with zero attached hydrogens (tertiary/aromatic N) is 2. The highest BCUT2D eigenvalue weighted by Gasteiger charge is 2.53. The maximum Gasteiger partial charge on any atom is 0.311 e. The molecule has 0 aromatic heterocycles. The molecule has 0 aromatic rings. The number of esters is 1. The van der Waals surface area contributed by atoms with Crippen molar-refractivity contribution in [1.82, 2.24) is 4.90 Å². The molecule has 3 aliphatic heterocycles. The molecule has 58 heavy (non-hydrogen) atoms. The number of carbonyl (C=O) groups excluding carboxylic acids is 1. The molecule has 0 amide bonds. The van der Waals surface area contributed by atoms with Crippen LogP contribution in [0.5, 0.6) is 0 Å². The number of likely N-dealkylation sites (N-methyl/N-ethyl adjacent to an activating group) is 1. The number of hydrogen-bond acceptors (Lipinski definition) is 17. The van der Waals surface area contributed by atoms with Crippen LogP contribution in [0.4, 0.5) is 0 Å². The van der Waals surface area contributed by atoms with Crippen LogP contribution in [0.25, 0.3) is 0 Å². The van der Waals surface area contributed by atoms with Gasteiger partial charge in [0.2, 0.25) is 0 Å². The molecule has 340 valence electrons. The van der Waals surface area contributed by atoms with E-state index < -0.39 is 102 Å². The van der Waals surface area contributed by atoms with Gasteiger partial charge in [-0.15, -0.1) is 0 Å². The van der Waals surface area contributed by atoms with E-state index in [1.165, 1.54) is 14.0 Å². The maximum absolute atomic E-state index is 14.3. The van der Waals surface area contributed by atoms with Crippen LogP contribution in [0, 0.1) is 23.7 Å². The molecule has 17 nitrogen and oxygen atoms in total. The Hall–Kier alpha value is -1.58. The summed E-state index contributed by atoms with van der Waals surface area (Å²) in [6.45, 7) is 17.0. The number of cyclic esters (lactones) is 1. The predicted octanol–water partition coefficient (Wildman–Crippen LogP) is 1.60. The van der Waals surface area contributed by atoms with Gasteiger partial charge in [-0.2, -0.15) is 0 Å². The summed E-state index contributed by atoms with van der Waals surface area (Å²) >= 11 is 0. The van der Waals surface area contributed by atoms with Crippen LogP contribution in [0.2, 0.25) is 0 Å². The summed E-state index contributed by atoms with van der Waals surface area (Å²) in [4.78, 5) is 21.9. The van der Waals surface area contributed by atoms with E-state index in [0.717, 1.165) is 0 Å². The minimum atomic E-state index is -1.97. The van der Waals surface area contributed by atoms with Gasteiger partial charge in [0.1, 0.15) is 30.5 Å². The number of ether oxygens (including phenoxy) is 7. The van der Waals surface area contributed by atoms with E-state index in [2.05, 4.69) is 5.16 Å². The summed E-state index contributed by atoms with van der Waals surface area (Å²) in [5.74, 6) is -4.16. The summed E-state index contributed by atoms with van der Waals surface area (Å²) in [6.07, 6.45) is -9.56. The second-order valence-electron chi connectivity index (χ2n) is 17.8. The zero-order chi connectivity index (χ0) is 43.9. The number of oxime groups is 1. The van der Waals surface area contributed by atoms with Crippen LogP contribution < -0.4 is 0 Å². The van der Waals surface area contributed by atoms with Crippen molar-refractivity contribution in [2.24, 2.45) is 28.8 Å². The van der Waals surface area contributed by atoms with Crippen LogP contribution in [-0.4, -0.2) is 179 Å². The number of rotatable bonds is 13. The molecule has 0 saturated carbocycles. The van der Waals surface area contributed by atoms with Gasteiger partial charge in [-0.3, -0.25) is 4.79 Å². The Morgan fingerprint density at radius 2 is 1.55 bits per heavy atom. The van der Waals surface area contributed by atoms with Crippen LogP contribution in [0.3, 0.4) is 0 Å². The molecule has 0 spiro atoms. The molecule has 3 heterocycles. The molecule has 17 heteroatoms. The fourth-order valence-electron chi connectivity index (χ4n) is 8.98. The summed E-state index contributed by atoms with van der Waals surface area (Å²) in [6, 6.07) is -0.332. The molecule has 3 aliphatic rings. The van der Waals surface area contributed by atoms with Crippen molar-refractivity contribution in [2.75, 3.05) is 47.6 Å². The zero-order valence-electron chi connectivity index (χ0n) is 37.1. The Labute approximate surface area is 345 Å². The SMILES string of the molecule is CCC1OC(=O)[C@H](C)C(O[C@H]2C[C@@](C)(OC)[C@@H](O)[C@H](C)O2)[C@H](C)[C@@H](O[C@@H]2O[C@H](C)C[C@H](N(C)C)[C@H]2O)[C@](C)(O)C[C@@H](C)/C(=N\OCCOCCO)[C@H](C)[C@@H](O)[C@]1(C)O. The van der Waals surface area contributed by atoms with Gasteiger partial charge < -0.3 is 73.5 Å². The normalized spacial score (nSPS) is 45.8. The van der Waals surface area contributed by atoms with E-state index in [4.69, 9.17) is 43.1 Å². The first-order valence-electron chi connectivity index (χ1n) is 20.9. The van der Waals surface area contributed by atoms with Gasteiger partial charge in [0.25, 0.3) is 0 Å². The van der Waals surface area contributed by atoms with E-state index >= 15 is 0 Å². The molecule has 2 unspecified atom stereocenters. The van der Waals surface area contributed by atoms with Crippen LogP contribution in [0.1, 0.15) is 94.9 Å². The third kappa shape index (κ3) is 12.1. The second kappa shape index (κ2) is 21.5. The highest BCUT2D eigenvalue weighted by Crippen LogP contribution is 2.41. The van der Waals surface area contributed by atoms with Crippen LogP contribution >= 0.6 is 0 Å². The van der Waals surface area contributed by atoms with Crippen molar-refractivity contribution in [3.63, 3.8) is 0 Å². The Morgan fingerprint density at radius 3 is 2.14 bits per heavy atom. The lowest BCUT2D eigenvalue weighted by Crippen LogP contribution is -2.61. The quantitative estimate of drug-likeness (QED) is 0.0880. The van der Waals surface area contributed by atoms with Gasteiger partial charge in [0.15, 0.2) is 12.6 Å². The first kappa shape index (κ1) is 50.8. The van der Waals surface area contributed by atoms with Gasteiger partial charge in [0, 0.05) is 37.3 Å². The van der Waals surface area contributed by atoms with Crippen molar-refractivity contribution >= 4 is 11.7 Å². The molecule has 3 saturated heterocycles. The molecule has 0 aromatic carbocycles. The summed E-state index contributed by atoms with van der Waals surface area (Å²) in [5, 5.41) is 72.6. The standard InChI is InChI=1S/C41H76N2O15/c1-14-29-41(10,50)34(46)24(4)31(42-53-18-17-52-16-15-44)22(2)20-39(8,49)36(58-38-32(45)28(43(11)12)19-23(3)54-38)25(5)33(26(6)37(48)56-29)57-30-21-40(9,51-13)35(47)27(7)55-30/h22-30,32-36,38,44-47,49-50H,14-21H2,1-13H3/b42-31+/t22-,23-,24+,25+,26-,27+,28+,29?,30+,32-,33?,34-,35+,36-,38+,39-,40-,41-/m1/s1. The lowest BCUT2D eigenvalue weighted by atomic mass is 9.73. The van der Waals surface area contributed by atoms with E-state index in [0.29, 0.717) is 12.1 Å². The van der Waals surface area contributed by atoms with E-state index in [-0.39, 0.29) is 57.8 Å². The molecule has 0 aliphatic carbocycles. The fourth-order valence-corrected chi connectivity index (χ4v) is 8.98. The molecule has 18 atom stereocenters. The number of hydrogen-bond donors (Lipinski definition) is 6. The van der Waals surface area contributed by atoms with Crippen LogP contribution in [-0.2, 0) is 42.8 Å². The van der Waals surface area contributed by atoms with Gasteiger partial charge in [0.05, 0.1) is 73.2 Å². The Bertz CT molecular complexity index is 1300. The Balaban J connectivity index is 2.22.